The Kier molecular flexibility index (Phi) is 4.66. The number of unbranched alkanes of at least 4 members (excludes halogenated alkanes) is 1. The minimum absolute atomic E-state index is 0.117. The lowest BCUT2D eigenvalue weighted by Crippen LogP contribution is -2.33. The molecule has 0 radical (unpaired) electrons. The van der Waals surface area contributed by atoms with Crippen LogP contribution >= 0.6 is 11.8 Å². The monoisotopic (exact) mass is 337 g/mol. The topological polar surface area (TPSA) is 65.1 Å². The Balaban J connectivity index is 1.77. The van der Waals surface area contributed by atoms with Crippen molar-refractivity contribution in [2.75, 3.05) is 20.4 Å². The van der Waals surface area contributed by atoms with Gasteiger partial charge >= 0.3 is 0 Å². The smallest absolute Gasteiger partial charge is 0.289 e. The SMILES string of the molecule is CCCCN1C(=O)S[C@H](Cc2cc3c(cc2OC)OCO3)C1=O. The van der Waals surface area contributed by atoms with Gasteiger partial charge < -0.3 is 14.2 Å². The van der Waals surface area contributed by atoms with Crippen molar-refractivity contribution in [2.24, 2.45) is 0 Å². The largest absolute Gasteiger partial charge is 0.496 e. The lowest BCUT2D eigenvalue weighted by molar-refractivity contribution is -0.126. The molecule has 1 saturated heterocycles. The highest BCUT2D eigenvalue weighted by Crippen LogP contribution is 2.40. The molecule has 0 unspecified atom stereocenters. The normalized spacial score (nSPS) is 19.6. The standard InChI is InChI=1S/C16H19NO5S/c1-3-4-5-17-15(18)14(23-16(17)19)7-10-6-12-13(22-9-21-12)8-11(10)20-2/h6,8,14H,3-5,7,9H2,1-2H3/t14-/m1/s1. The van der Waals surface area contributed by atoms with Crippen molar-refractivity contribution in [1.82, 2.24) is 4.90 Å². The zero-order valence-corrected chi connectivity index (χ0v) is 14.0. The third-order valence-electron chi connectivity index (χ3n) is 3.92. The van der Waals surface area contributed by atoms with Crippen LogP contribution in [0, 0.1) is 0 Å². The van der Waals surface area contributed by atoms with E-state index in [1.54, 1.807) is 13.2 Å². The fourth-order valence-electron chi connectivity index (χ4n) is 2.66. The number of carbonyl (C=O) groups excluding carboxylic acids is 2. The van der Waals surface area contributed by atoms with Crippen LogP contribution in [0.5, 0.6) is 17.2 Å². The number of hydrogen-bond donors (Lipinski definition) is 0. The molecule has 2 aliphatic rings. The van der Waals surface area contributed by atoms with E-state index < -0.39 is 5.25 Å². The maximum atomic E-state index is 12.4. The van der Waals surface area contributed by atoms with Gasteiger partial charge in [0, 0.05) is 12.6 Å². The molecule has 2 amide bonds. The quantitative estimate of drug-likeness (QED) is 0.795. The molecule has 0 spiro atoms. The van der Waals surface area contributed by atoms with Crippen molar-refractivity contribution in [1.29, 1.82) is 0 Å². The molecule has 23 heavy (non-hydrogen) atoms. The van der Waals surface area contributed by atoms with Crippen molar-refractivity contribution in [3.05, 3.63) is 17.7 Å². The zero-order chi connectivity index (χ0) is 16.4. The fraction of sp³-hybridized carbons (Fsp3) is 0.500. The second-order valence-electron chi connectivity index (χ2n) is 5.44. The molecule has 7 heteroatoms. The number of imide groups is 1. The lowest BCUT2D eigenvalue weighted by Gasteiger charge is -2.14. The number of thioether (sulfide) groups is 1. The highest BCUT2D eigenvalue weighted by atomic mass is 32.2. The van der Waals surface area contributed by atoms with Crippen LogP contribution in [0.3, 0.4) is 0 Å². The summed E-state index contributed by atoms with van der Waals surface area (Å²) >= 11 is 1.09. The van der Waals surface area contributed by atoms with E-state index in [9.17, 15) is 9.59 Å². The summed E-state index contributed by atoms with van der Waals surface area (Å²) in [7, 11) is 1.57. The van der Waals surface area contributed by atoms with Crippen LogP contribution in [0.15, 0.2) is 12.1 Å². The van der Waals surface area contributed by atoms with Gasteiger partial charge in [0.1, 0.15) is 5.75 Å². The average molecular weight is 337 g/mol. The number of fused-ring (bicyclic) bond motifs is 1. The van der Waals surface area contributed by atoms with Gasteiger partial charge in [0.25, 0.3) is 5.24 Å². The summed E-state index contributed by atoms with van der Waals surface area (Å²) in [6.07, 6.45) is 2.21. The van der Waals surface area contributed by atoms with E-state index in [0.29, 0.717) is 30.2 Å². The van der Waals surface area contributed by atoms with Gasteiger partial charge in [0.15, 0.2) is 11.5 Å². The summed E-state index contributed by atoms with van der Waals surface area (Å²) in [5, 5.41) is -0.568. The predicted octanol–water partition coefficient (Wildman–Crippen LogP) is 2.83. The van der Waals surface area contributed by atoms with E-state index >= 15 is 0 Å². The van der Waals surface area contributed by atoms with Gasteiger partial charge in [0.2, 0.25) is 12.7 Å². The molecule has 1 aromatic carbocycles. The number of ether oxygens (including phenoxy) is 3. The summed E-state index contributed by atoms with van der Waals surface area (Å²) in [4.78, 5) is 25.8. The Morgan fingerprint density at radius 2 is 2.04 bits per heavy atom. The molecule has 2 heterocycles. The molecular weight excluding hydrogens is 318 g/mol. The van der Waals surface area contributed by atoms with E-state index in [1.165, 1.54) is 4.90 Å². The van der Waals surface area contributed by atoms with Gasteiger partial charge in [-0.15, -0.1) is 0 Å². The number of carbonyl (C=O) groups is 2. The Labute approximate surface area is 139 Å². The second-order valence-corrected chi connectivity index (χ2v) is 6.59. The molecule has 1 aromatic rings. The Morgan fingerprint density at radius 1 is 1.30 bits per heavy atom. The Morgan fingerprint density at radius 3 is 2.74 bits per heavy atom. The van der Waals surface area contributed by atoms with E-state index in [1.807, 2.05) is 13.0 Å². The van der Waals surface area contributed by atoms with Gasteiger partial charge in [-0.2, -0.15) is 0 Å². The van der Waals surface area contributed by atoms with Gasteiger partial charge in [-0.25, -0.2) is 0 Å². The first kappa shape index (κ1) is 16.0. The van der Waals surface area contributed by atoms with Crippen molar-refractivity contribution in [3.63, 3.8) is 0 Å². The molecular formula is C16H19NO5S. The van der Waals surface area contributed by atoms with Crippen LogP contribution in [0.4, 0.5) is 4.79 Å². The van der Waals surface area contributed by atoms with Gasteiger partial charge in [-0.3, -0.25) is 14.5 Å². The number of rotatable bonds is 6. The summed E-state index contributed by atoms with van der Waals surface area (Å²) in [6.45, 7) is 2.71. The van der Waals surface area contributed by atoms with Crippen LogP contribution in [-0.4, -0.2) is 41.7 Å². The van der Waals surface area contributed by atoms with Gasteiger partial charge in [0.05, 0.1) is 12.4 Å². The summed E-state index contributed by atoms with van der Waals surface area (Å²) < 4.78 is 16.1. The molecule has 0 aliphatic carbocycles. The number of hydrogen-bond acceptors (Lipinski definition) is 6. The van der Waals surface area contributed by atoms with E-state index in [4.69, 9.17) is 14.2 Å². The first-order valence-electron chi connectivity index (χ1n) is 7.62. The van der Waals surface area contributed by atoms with Crippen LogP contribution in [-0.2, 0) is 11.2 Å². The molecule has 2 aliphatic heterocycles. The molecule has 124 valence electrons. The molecule has 1 fully saturated rings. The first-order chi connectivity index (χ1) is 11.1. The van der Waals surface area contributed by atoms with E-state index in [0.717, 1.165) is 30.2 Å². The summed E-state index contributed by atoms with van der Waals surface area (Å²) in [5.74, 6) is 1.80. The lowest BCUT2D eigenvalue weighted by atomic mass is 10.1. The predicted molar refractivity (Wildman–Crippen MR) is 86.2 cm³/mol. The fourth-order valence-corrected chi connectivity index (χ4v) is 3.70. The van der Waals surface area contributed by atoms with Gasteiger partial charge in [-0.05, 0) is 24.5 Å². The van der Waals surface area contributed by atoms with Crippen LogP contribution in [0.2, 0.25) is 0 Å². The molecule has 3 rings (SSSR count). The van der Waals surface area contributed by atoms with Crippen LogP contribution in [0.1, 0.15) is 25.3 Å². The third-order valence-corrected chi connectivity index (χ3v) is 5.00. The molecule has 0 bridgehead atoms. The number of amides is 2. The van der Waals surface area contributed by atoms with Crippen LogP contribution in [0.25, 0.3) is 0 Å². The van der Waals surface area contributed by atoms with E-state index in [2.05, 4.69) is 0 Å². The van der Waals surface area contributed by atoms with E-state index in [-0.39, 0.29) is 17.9 Å². The summed E-state index contributed by atoms with van der Waals surface area (Å²) in [6, 6.07) is 3.59. The van der Waals surface area contributed by atoms with Crippen molar-refractivity contribution >= 4 is 22.9 Å². The van der Waals surface area contributed by atoms with Crippen LogP contribution < -0.4 is 14.2 Å². The number of nitrogens with zero attached hydrogens (tertiary/aromatic N) is 1. The van der Waals surface area contributed by atoms with Crippen molar-refractivity contribution in [2.45, 2.75) is 31.4 Å². The first-order valence-corrected chi connectivity index (χ1v) is 8.50. The Bertz CT molecular complexity index is 633. The zero-order valence-electron chi connectivity index (χ0n) is 13.2. The second kappa shape index (κ2) is 6.70. The minimum Gasteiger partial charge on any atom is -0.496 e. The number of benzene rings is 1. The molecule has 0 saturated carbocycles. The maximum Gasteiger partial charge on any atom is 0.289 e. The number of methoxy groups -OCH3 is 1. The van der Waals surface area contributed by atoms with Crippen molar-refractivity contribution in [3.8, 4) is 17.2 Å². The maximum absolute atomic E-state index is 12.4. The Hall–Kier alpha value is -1.89. The minimum atomic E-state index is -0.409. The highest BCUT2D eigenvalue weighted by molar-refractivity contribution is 8.15. The highest BCUT2D eigenvalue weighted by Gasteiger charge is 2.39. The molecule has 0 aromatic heterocycles. The van der Waals surface area contributed by atoms with Crippen molar-refractivity contribution < 1.29 is 23.8 Å². The third kappa shape index (κ3) is 3.10. The molecule has 6 nitrogen and oxygen atoms in total. The summed E-state index contributed by atoms with van der Waals surface area (Å²) in [5.41, 5.74) is 0.841. The molecule has 1 atom stereocenters. The molecule has 0 N–H and O–H groups in total. The van der Waals surface area contributed by atoms with Gasteiger partial charge in [-0.1, -0.05) is 25.1 Å². The average Bonchev–Trinajstić information content (AvgIpc) is 3.10.